The first kappa shape index (κ1) is 29.2. The number of carboxylic acid groups (broad SMARTS) is 2. The Morgan fingerprint density at radius 2 is 1.56 bits per heavy atom. The maximum absolute atomic E-state index is 12.6. The third-order valence-electron chi connectivity index (χ3n) is 6.61. The van der Waals surface area contributed by atoms with Crippen molar-refractivity contribution in [3.63, 3.8) is 0 Å². The number of aliphatic carboxylic acids is 1. The molecule has 0 spiro atoms. The largest absolute Gasteiger partial charge is 0.480 e. The third-order valence-corrected chi connectivity index (χ3v) is 6.61. The molecule has 8 heteroatoms. The maximum Gasteiger partial charge on any atom is 0.337 e. The van der Waals surface area contributed by atoms with E-state index in [0.717, 1.165) is 35.2 Å². The van der Waals surface area contributed by atoms with E-state index in [9.17, 15) is 24.6 Å². The minimum Gasteiger partial charge on any atom is -0.480 e. The molecule has 0 heterocycles. The maximum atomic E-state index is 12.6. The van der Waals surface area contributed by atoms with Gasteiger partial charge < -0.3 is 20.8 Å². The molecule has 3 aromatic carbocycles. The monoisotopic (exact) mass is 531 g/mol. The molecule has 0 aromatic heterocycles. The Morgan fingerprint density at radius 1 is 0.846 bits per heavy atom. The SMILES string of the molecule is CCCCCCCNC(=O)N(C)c1cccc(-c2ccc(CC(Nc3ccccc3C(=O)O)C(=O)O)cc2)c1. The van der Waals surface area contributed by atoms with Crippen molar-refractivity contribution < 1.29 is 24.6 Å². The van der Waals surface area contributed by atoms with Crippen LogP contribution in [0.4, 0.5) is 16.2 Å². The Hall–Kier alpha value is -4.33. The summed E-state index contributed by atoms with van der Waals surface area (Å²) in [4.78, 5) is 37.6. The van der Waals surface area contributed by atoms with Crippen LogP contribution in [0, 0.1) is 0 Å². The van der Waals surface area contributed by atoms with E-state index < -0.39 is 18.0 Å². The molecule has 0 aliphatic rings. The highest BCUT2D eigenvalue weighted by atomic mass is 16.4. The first-order valence-corrected chi connectivity index (χ1v) is 13.3. The van der Waals surface area contributed by atoms with Crippen molar-refractivity contribution in [1.82, 2.24) is 5.32 Å². The second-order valence-electron chi connectivity index (χ2n) is 9.54. The fourth-order valence-electron chi connectivity index (χ4n) is 4.31. The van der Waals surface area contributed by atoms with Crippen LogP contribution in [0.3, 0.4) is 0 Å². The Balaban J connectivity index is 1.64. The number of hydrogen-bond donors (Lipinski definition) is 4. The van der Waals surface area contributed by atoms with E-state index in [4.69, 9.17) is 0 Å². The van der Waals surface area contributed by atoms with Gasteiger partial charge in [0.15, 0.2) is 0 Å². The summed E-state index contributed by atoms with van der Waals surface area (Å²) in [6, 6.07) is 20.3. The standard InChI is InChI=1S/C31H37N3O5/c1-3-4-5-6-9-19-32-31(39)34(2)25-12-10-11-24(21-25)23-17-15-22(16-18-23)20-28(30(37)38)33-27-14-8-7-13-26(27)29(35)36/h7-8,10-18,21,28,33H,3-6,9,19-20H2,1-2H3,(H,32,39)(H,35,36)(H,37,38). The van der Waals surface area contributed by atoms with Gasteiger partial charge in [0, 0.05) is 31.4 Å². The molecule has 0 aliphatic heterocycles. The van der Waals surface area contributed by atoms with Gasteiger partial charge in [-0.3, -0.25) is 4.90 Å². The average Bonchev–Trinajstić information content (AvgIpc) is 2.94. The quantitative estimate of drug-likeness (QED) is 0.182. The number of carboxylic acids is 2. The van der Waals surface area contributed by atoms with Crippen LogP contribution in [0.2, 0.25) is 0 Å². The molecule has 4 N–H and O–H groups in total. The Kier molecular flexibility index (Phi) is 10.9. The third kappa shape index (κ3) is 8.60. The number of carbonyl (C=O) groups excluding carboxylic acids is 1. The summed E-state index contributed by atoms with van der Waals surface area (Å²) in [7, 11) is 1.75. The summed E-state index contributed by atoms with van der Waals surface area (Å²) in [5.41, 5.74) is 3.70. The zero-order valence-electron chi connectivity index (χ0n) is 22.5. The number of aromatic carboxylic acids is 1. The molecule has 2 amide bonds. The van der Waals surface area contributed by atoms with Crippen molar-refractivity contribution in [3.05, 3.63) is 83.9 Å². The summed E-state index contributed by atoms with van der Waals surface area (Å²) in [6.07, 6.45) is 5.86. The summed E-state index contributed by atoms with van der Waals surface area (Å²) in [5.74, 6) is -2.20. The van der Waals surface area contributed by atoms with Crippen LogP contribution in [0.15, 0.2) is 72.8 Å². The fraction of sp³-hybridized carbons (Fsp3) is 0.323. The number of hydrogen-bond acceptors (Lipinski definition) is 4. The Bertz CT molecular complexity index is 1260. The molecule has 0 aliphatic carbocycles. The van der Waals surface area contributed by atoms with Gasteiger partial charge in [0.25, 0.3) is 0 Å². The number of para-hydroxylation sites is 1. The van der Waals surface area contributed by atoms with E-state index in [1.807, 2.05) is 48.5 Å². The second kappa shape index (κ2) is 14.6. The van der Waals surface area contributed by atoms with Crippen LogP contribution in [0.25, 0.3) is 11.1 Å². The lowest BCUT2D eigenvalue weighted by molar-refractivity contribution is -0.137. The molecule has 0 saturated heterocycles. The topological polar surface area (TPSA) is 119 Å². The van der Waals surface area contributed by atoms with Gasteiger partial charge >= 0.3 is 18.0 Å². The summed E-state index contributed by atoms with van der Waals surface area (Å²) in [6.45, 7) is 2.83. The zero-order chi connectivity index (χ0) is 28.2. The number of nitrogens with one attached hydrogen (secondary N) is 2. The van der Waals surface area contributed by atoms with Gasteiger partial charge in [-0.1, -0.05) is 81.1 Å². The fourth-order valence-corrected chi connectivity index (χ4v) is 4.31. The summed E-state index contributed by atoms with van der Waals surface area (Å²) < 4.78 is 0. The molecule has 206 valence electrons. The van der Waals surface area contributed by atoms with Gasteiger partial charge in [0.05, 0.1) is 5.56 Å². The predicted octanol–water partition coefficient (Wildman–Crippen LogP) is 6.28. The molecule has 1 unspecified atom stereocenters. The second-order valence-corrected chi connectivity index (χ2v) is 9.54. The molecule has 0 radical (unpaired) electrons. The van der Waals surface area contributed by atoms with Crippen molar-refractivity contribution in [2.45, 2.75) is 51.5 Å². The van der Waals surface area contributed by atoms with E-state index in [1.54, 1.807) is 30.1 Å². The molecule has 0 saturated carbocycles. The van der Waals surface area contributed by atoms with E-state index in [-0.39, 0.29) is 23.7 Å². The highest BCUT2D eigenvalue weighted by Crippen LogP contribution is 2.25. The van der Waals surface area contributed by atoms with Crippen LogP contribution in [-0.4, -0.2) is 47.8 Å². The van der Waals surface area contributed by atoms with Crippen molar-refractivity contribution in [2.75, 3.05) is 23.8 Å². The van der Waals surface area contributed by atoms with Crippen LogP contribution in [0.5, 0.6) is 0 Å². The number of amides is 2. The minimum atomic E-state index is -1.13. The van der Waals surface area contributed by atoms with Crippen LogP contribution in [0.1, 0.15) is 54.9 Å². The molecule has 8 nitrogen and oxygen atoms in total. The van der Waals surface area contributed by atoms with Crippen LogP contribution < -0.4 is 15.5 Å². The van der Waals surface area contributed by atoms with E-state index >= 15 is 0 Å². The van der Waals surface area contributed by atoms with E-state index in [1.165, 1.54) is 25.3 Å². The lowest BCUT2D eigenvalue weighted by Gasteiger charge is -2.19. The molecular formula is C31H37N3O5. The zero-order valence-corrected chi connectivity index (χ0v) is 22.5. The van der Waals surface area contributed by atoms with Crippen molar-refractivity contribution in [2.24, 2.45) is 0 Å². The highest BCUT2D eigenvalue weighted by molar-refractivity contribution is 5.95. The minimum absolute atomic E-state index is 0.0182. The first-order valence-electron chi connectivity index (χ1n) is 13.3. The number of benzene rings is 3. The Labute approximate surface area is 229 Å². The van der Waals surface area contributed by atoms with E-state index in [2.05, 4.69) is 17.6 Å². The van der Waals surface area contributed by atoms with Crippen molar-refractivity contribution in [3.8, 4) is 11.1 Å². The number of unbranched alkanes of at least 4 members (excludes halogenated alkanes) is 4. The summed E-state index contributed by atoms with van der Waals surface area (Å²) in [5, 5.41) is 25.0. The van der Waals surface area contributed by atoms with Gasteiger partial charge in [-0.05, 0) is 47.4 Å². The number of anilines is 2. The lowest BCUT2D eigenvalue weighted by Crippen LogP contribution is -2.37. The van der Waals surface area contributed by atoms with Gasteiger partial charge in [-0.2, -0.15) is 0 Å². The van der Waals surface area contributed by atoms with Gasteiger partial charge in [0.1, 0.15) is 6.04 Å². The molecule has 3 aromatic rings. The molecule has 3 rings (SSSR count). The predicted molar refractivity (Wildman–Crippen MR) is 155 cm³/mol. The number of nitrogens with zero attached hydrogens (tertiary/aromatic N) is 1. The van der Waals surface area contributed by atoms with Crippen LogP contribution in [-0.2, 0) is 11.2 Å². The van der Waals surface area contributed by atoms with Crippen LogP contribution >= 0.6 is 0 Å². The molecular weight excluding hydrogens is 494 g/mol. The Morgan fingerprint density at radius 3 is 2.26 bits per heavy atom. The lowest BCUT2D eigenvalue weighted by atomic mass is 10.00. The van der Waals surface area contributed by atoms with Crippen molar-refractivity contribution in [1.29, 1.82) is 0 Å². The first-order chi connectivity index (χ1) is 18.8. The highest BCUT2D eigenvalue weighted by Gasteiger charge is 2.20. The molecule has 1 atom stereocenters. The molecule has 0 fully saturated rings. The van der Waals surface area contributed by atoms with E-state index in [0.29, 0.717) is 6.54 Å². The summed E-state index contributed by atoms with van der Waals surface area (Å²) >= 11 is 0. The number of urea groups is 1. The normalized spacial score (nSPS) is 11.4. The number of carbonyl (C=O) groups is 3. The van der Waals surface area contributed by atoms with Crippen molar-refractivity contribution >= 4 is 29.3 Å². The smallest absolute Gasteiger partial charge is 0.337 e. The number of rotatable bonds is 14. The molecule has 0 bridgehead atoms. The van der Waals surface area contributed by atoms with Gasteiger partial charge in [0.2, 0.25) is 0 Å². The molecule has 39 heavy (non-hydrogen) atoms. The average molecular weight is 532 g/mol. The van der Waals surface area contributed by atoms with Gasteiger partial charge in [-0.15, -0.1) is 0 Å². The van der Waals surface area contributed by atoms with Gasteiger partial charge in [-0.25, -0.2) is 14.4 Å².